The fourth-order valence-corrected chi connectivity index (χ4v) is 3.73. The molecule has 0 aliphatic carbocycles. The summed E-state index contributed by atoms with van der Waals surface area (Å²) in [6.45, 7) is 0. The zero-order valence-electron chi connectivity index (χ0n) is 13.5. The van der Waals surface area contributed by atoms with Crippen LogP contribution in [-0.4, -0.2) is 20.5 Å². The number of nitrogens with one attached hydrogen (secondary N) is 1. The molecule has 0 atom stereocenters. The van der Waals surface area contributed by atoms with Crippen molar-refractivity contribution in [2.45, 2.75) is 4.90 Å². The van der Waals surface area contributed by atoms with Gasteiger partial charge in [-0.15, -0.1) is 0 Å². The van der Waals surface area contributed by atoms with Crippen LogP contribution in [0.15, 0.2) is 59.5 Å². The molecule has 3 aromatic carbocycles. The number of methoxy groups -OCH3 is 1. The molecule has 9 heteroatoms. The zero-order chi connectivity index (χ0) is 18.9. The SMILES string of the molecule is COc1ccc2cc(S(=O)(=O)Nc3cc([N+](=O)[O-])ccc3Cl)ccc2c1. The predicted octanol–water partition coefficient (Wildman–Crippen LogP) is 4.21. The van der Waals surface area contributed by atoms with Crippen LogP contribution in [0.25, 0.3) is 10.8 Å². The monoisotopic (exact) mass is 392 g/mol. The second-order valence-electron chi connectivity index (χ2n) is 5.40. The standard InChI is InChI=1S/C17H13ClN2O5S/c1-25-14-5-2-12-9-15(6-3-11(12)8-14)26(23,24)19-17-10-13(20(21)22)4-7-16(17)18/h2-10,19H,1H3. The third-order valence-corrected chi connectivity index (χ3v) is 5.43. The van der Waals surface area contributed by atoms with E-state index >= 15 is 0 Å². The van der Waals surface area contributed by atoms with Gasteiger partial charge in [0.25, 0.3) is 15.7 Å². The lowest BCUT2D eigenvalue weighted by Crippen LogP contribution is -2.13. The molecular weight excluding hydrogens is 380 g/mol. The van der Waals surface area contributed by atoms with Crippen molar-refractivity contribution in [1.29, 1.82) is 0 Å². The van der Waals surface area contributed by atoms with Crippen LogP contribution in [0.4, 0.5) is 11.4 Å². The van der Waals surface area contributed by atoms with Gasteiger partial charge in [-0.1, -0.05) is 23.7 Å². The second kappa shape index (κ2) is 6.81. The van der Waals surface area contributed by atoms with Gasteiger partial charge in [0, 0.05) is 12.1 Å². The van der Waals surface area contributed by atoms with Gasteiger partial charge in [0.2, 0.25) is 0 Å². The summed E-state index contributed by atoms with van der Waals surface area (Å²) in [6.07, 6.45) is 0. The Morgan fingerprint density at radius 2 is 1.73 bits per heavy atom. The highest BCUT2D eigenvalue weighted by Gasteiger charge is 2.18. The molecule has 0 spiro atoms. The number of halogens is 1. The molecule has 0 unspecified atom stereocenters. The summed E-state index contributed by atoms with van der Waals surface area (Å²) in [6, 6.07) is 13.4. The molecule has 0 heterocycles. The van der Waals surface area contributed by atoms with Crippen LogP contribution >= 0.6 is 11.6 Å². The van der Waals surface area contributed by atoms with Gasteiger partial charge < -0.3 is 4.74 Å². The van der Waals surface area contributed by atoms with Crippen molar-refractivity contribution < 1.29 is 18.1 Å². The van der Waals surface area contributed by atoms with Crippen molar-refractivity contribution >= 4 is 43.8 Å². The lowest BCUT2D eigenvalue weighted by atomic mass is 10.1. The number of non-ortho nitro benzene ring substituents is 1. The van der Waals surface area contributed by atoms with Crippen molar-refractivity contribution in [3.63, 3.8) is 0 Å². The summed E-state index contributed by atoms with van der Waals surface area (Å²) in [7, 11) is -2.43. The highest BCUT2D eigenvalue weighted by Crippen LogP contribution is 2.30. The van der Waals surface area contributed by atoms with Crippen LogP contribution in [0.2, 0.25) is 5.02 Å². The molecule has 1 N–H and O–H groups in total. The van der Waals surface area contributed by atoms with Gasteiger partial charge >= 0.3 is 0 Å². The van der Waals surface area contributed by atoms with E-state index in [1.165, 1.54) is 24.3 Å². The third kappa shape index (κ3) is 3.56. The van der Waals surface area contributed by atoms with Crippen LogP contribution in [0, 0.1) is 10.1 Å². The van der Waals surface area contributed by atoms with Gasteiger partial charge in [0.15, 0.2) is 0 Å². The number of sulfonamides is 1. The van der Waals surface area contributed by atoms with Crippen molar-refractivity contribution in [1.82, 2.24) is 0 Å². The Balaban J connectivity index is 1.99. The molecule has 0 aliphatic rings. The summed E-state index contributed by atoms with van der Waals surface area (Å²) in [5.41, 5.74) is -0.326. The fraction of sp³-hybridized carbons (Fsp3) is 0.0588. The molecule has 0 saturated carbocycles. The lowest BCUT2D eigenvalue weighted by Gasteiger charge is -2.10. The number of hydrogen-bond acceptors (Lipinski definition) is 5. The Labute approximate surface area is 154 Å². The molecule has 26 heavy (non-hydrogen) atoms. The first-order chi connectivity index (χ1) is 12.3. The van der Waals surface area contributed by atoms with E-state index in [1.807, 2.05) is 0 Å². The summed E-state index contributed by atoms with van der Waals surface area (Å²) in [4.78, 5) is 10.3. The van der Waals surface area contributed by atoms with Gasteiger partial charge in [0.05, 0.1) is 27.6 Å². The Morgan fingerprint density at radius 3 is 2.42 bits per heavy atom. The lowest BCUT2D eigenvalue weighted by molar-refractivity contribution is -0.384. The summed E-state index contributed by atoms with van der Waals surface area (Å²) in [5, 5.41) is 12.5. The molecule has 0 fully saturated rings. The summed E-state index contributed by atoms with van der Waals surface area (Å²) < 4.78 is 32.7. The molecule has 0 aliphatic heterocycles. The minimum atomic E-state index is -3.97. The molecule has 3 rings (SSSR count). The van der Waals surface area contributed by atoms with Gasteiger partial charge in [-0.2, -0.15) is 0 Å². The van der Waals surface area contributed by atoms with Crippen molar-refractivity contribution in [2.75, 3.05) is 11.8 Å². The Morgan fingerprint density at radius 1 is 1.04 bits per heavy atom. The number of ether oxygens (including phenoxy) is 1. The molecule has 7 nitrogen and oxygen atoms in total. The van der Waals surface area contributed by atoms with E-state index in [4.69, 9.17) is 16.3 Å². The molecule has 0 saturated heterocycles. The van der Waals surface area contributed by atoms with E-state index in [1.54, 1.807) is 31.4 Å². The number of hydrogen-bond donors (Lipinski definition) is 1. The fourth-order valence-electron chi connectivity index (χ4n) is 2.40. The van der Waals surface area contributed by atoms with Gasteiger partial charge in [0.1, 0.15) is 5.75 Å². The summed E-state index contributed by atoms with van der Waals surface area (Å²) >= 11 is 5.96. The number of rotatable bonds is 5. The van der Waals surface area contributed by atoms with Crippen LogP contribution in [0.1, 0.15) is 0 Å². The van der Waals surface area contributed by atoms with E-state index in [9.17, 15) is 18.5 Å². The quantitative estimate of drug-likeness (QED) is 0.518. The predicted molar refractivity (Wildman–Crippen MR) is 99.4 cm³/mol. The van der Waals surface area contributed by atoms with Gasteiger partial charge in [-0.05, 0) is 41.1 Å². The van der Waals surface area contributed by atoms with Crippen LogP contribution < -0.4 is 9.46 Å². The first-order valence-electron chi connectivity index (χ1n) is 7.35. The van der Waals surface area contributed by atoms with Crippen LogP contribution in [0.5, 0.6) is 5.75 Å². The van der Waals surface area contributed by atoms with Crippen molar-refractivity contribution in [3.8, 4) is 5.75 Å². The van der Waals surface area contributed by atoms with Crippen LogP contribution in [0.3, 0.4) is 0 Å². The molecule has 0 bridgehead atoms. The molecule has 0 aromatic heterocycles. The largest absolute Gasteiger partial charge is 0.497 e. The molecular formula is C17H13ClN2O5S. The number of nitro groups is 1. The van der Waals surface area contributed by atoms with E-state index in [0.29, 0.717) is 11.1 Å². The smallest absolute Gasteiger partial charge is 0.271 e. The zero-order valence-corrected chi connectivity index (χ0v) is 15.0. The number of benzene rings is 3. The highest BCUT2D eigenvalue weighted by atomic mass is 35.5. The molecule has 3 aromatic rings. The minimum Gasteiger partial charge on any atom is -0.497 e. The molecule has 134 valence electrons. The minimum absolute atomic E-state index is 0.0118. The number of nitrogens with zero attached hydrogens (tertiary/aromatic N) is 1. The average molecular weight is 393 g/mol. The topological polar surface area (TPSA) is 98.5 Å². The van der Waals surface area contributed by atoms with Gasteiger partial charge in [-0.25, -0.2) is 8.42 Å². The summed E-state index contributed by atoms with van der Waals surface area (Å²) in [5.74, 6) is 0.662. The molecule has 0 radical (unpaired) electrons. The number of anilines is 1. The highest BCUT2D eigenvalue weighted by molar-refractivity contribution is 7.92. The normalized spacial score (nSPS) is 11.3. The second-order valence-corrected chi connectivity index (χ2v) is 7.49. The first kappa shape index (κ1) is 18.0. The first-order valence-corrected chi connectivity index (χ1v) is 9.21. The number of fused-ring (bicyclic) bond motifs is 1. The number of nitro benzene ring substituents is 1. The van der Waals surface area contributed by atoms with E-state index < -0.39 is 14.9 Å². The maximum Gasteiger partial charge on any atom is 0.271 e. The van der Waals surface area contributed by atoms with Crippen molar-refractivity contribution in [2.24, 2.45) is 0 Å². The van der Waals surface area contributed by atoms with Gasteiger partial charge in [-0.3, -0.25) is 14.8 Å². The van der Waals surface area contributed by atoms with E-state index in [-0.39, 0.29) is 21.3 Å². The maximum absolute atomic E-state index is 12.6. The van der Waals surface area contributed by atoms with Crippen LogP contribution in [-0.2, 0) is 10.0 Å². The maximum atomic E-state index is 12.6. The van der Waals surface area contributed by atoms with E-state index in [2.05, 4.69) is 4.72 Å². The van der Waals surface area contributed by atoms with Crippen molar-refractivity contribution in [3.05, 3.63) is 69.7 Å². The molecule has 0 amide bonds. The van der Waals surface area contributed by atoms with E-state index in [0.717, 1.165) is 11.5 Å². The Hall–Kier alpha value is -2.84. The Kier molecular flexibility index (Phi) is 4.71. The third-order valence-electron chi connectivity index (χ3n) is 3.73. The Bertz CT molecular complexity index is 1120. The average Bonchev–Trinajstić information content (AvgIpc) is 2.62.